The molecule has 2 N–H and O–H groups in total. The predicted octanol–water partition coefficient (Wildman–Crippen LogP) is 4.48. The topological polar surface area (TPSA) is 137 Å². The van der Waals surface area contributed by atoms with Crippen molar-refractivity contribution in [3.05, 3.63) is 74.4 Å². The number of benzene rings is 2. The van der Waals surface area contributed by atoms with Gasteiger partial charge in [-0.2, -0.15) is 0 Å². The van der Waals surface area contributed by atoms with Crippen LogP contribution >= 0.6 is 11.3 Å². The average Bonchev–Trinajstić information content (AvgIpc) is 3.21. The standard InChI is InChI=1S/C20H14N4O6S/c1-29-14-5-2-12(3-6-14)21-19(26)23-20-22-16(10-31-20)15-9-11-8-13(24(27)28)4-7-17(11)30-18(15)25/h2-10H,1H3,(H2,21,22,23,26). The quantitative estimate of drug-likeness (QED) is 0.266. The van der Waals surface area contributed by atoms with Gasteiger partial charge in [-0.3, -0.25) is 15.4 Å². The minimum Gasteiger partial charge on any atom is -0.497 e. The van der Waals surface area contributed by atoms with Crippen molar-refractivity contribution in [1.82, 2.24) is 4.98 Å². The molecule has 156 valence electrons. The van der Waals surface area contributed by atoms with Crippen LogP contribution in [0.3, 0.4) is 0 Å². The molecular formula is C20H14N4O6S. The molecule has 2 amide bonds. The molecule has 0 unspecified atom stereocenters. The third-order valence-electron chi connectivity index (χ3n) is 4.28. The number of aromatic nitrogens is 1. The number of ether oxygens (including phenoxy) is 1. The summed E-state index contributed by atoms with van der Waals surface area (Å²) in [6.45, 7) is 0. The monoisotopic (exact) mass is 438 g/mol. The minimum absolute atomic E-state index is 0.122. The molecule has 0 saturated heterocycles. The Kier molecular flexibility index (Phi) is 5.33. The van der Waals surface area contributed by atoms with E-state index in [2.05, 4.69) is 15.6 Å². The number of rotatable bonds is 5. The van der Waals surface area contributed by atoms with Crippen molar-refractivity contribution in [2.24, 2.45) is 0 Å². The molecular weight excluding hydrogens is 424 g/mol. The molecule has 11 heteroatoms. The second-order valence-corrected chi connectivity index (χ2v) is 7.13. The van der Waals surface area contributed by atoms with E-state index in [1.807, 2.05) is 0 Å². The van der Waals surface area contributed by atoms with Crippen LogP contribution < -0.4 is 21.0 Å². The van der Waals surface area contributed by atoms with Gasteiger partial charge in [0.15, 0.2) is 5.13 Å². The van der Waals surface area contributed by atoms with E-state index in [0.29, 0.717) is 16.8 Å². The summed E-state index contributed by atoms with van der Waals surface area (Å²) in [5, 5.41) is 18.5. The highest BCUT2D eigenvalue weighted by Crippen LogP contribution is 2.27. The number of carbonyl (C=O) groups excluding carboxylic acids is 1. The number of carbonyl (C=O) groups is 1. The van der Waals surface area contributed by atoms with Crippen molar-refractivity contribution in [1.29, 1.82) is 0 Å². The Morgan fingerprint density at radius 3 is 2.65 bits per heavy atom. The largest absolute Gasteiger partial charge is 0.497 e. The molecule has 0 aliphatic rings. The summed E-state index contributed by atoms with van der Waals surface area (Å²) in [7, 11) is 1.55. The molecule has 0 spiro atoms. The maximum absolute atomic E-state index is 12.3. The summed E-state index contributed by atoms with van der Waals surface area (Å²) in [5.74, 6) is 0.662. The summed E-state index contributed by atoms with van der Waals surface area (Å²) in [4.78, 5) is 39.2. The number of urea groups is 1. The van der Waals surface area contributed by atoms with Gasteiger partial charge in [0.05, 0.1) is 23.3 Å². The molecule has 0 radical (unpaired) electrons. The number of nitro groups is 1. The van der Waals surface area contributed by atoms with Crippen LogP contribution in [0.2, 0.25) is 0 Å². The summed E-state index contributed by atoms with van der Waals surface area (Å²) in [5.41, 5.74) is 0.447. The third-order valence-corrected chi connectivity index (χ3v) is 5.03. The molecule has 0 bridgehead atoms. The zero-order valence-electron chi connectivity index (χ0n) is 15.9. The van der Waals surface area contributed by atoms with Gasteiger partial charge in [0.25, 0.3) is 5.69 Å². The van der Waals surface area contributed by atoms with Crippen molar-refractivity contribution >= 4 is 44.8 Å². The highest BCUT2D eigenvalue weighted by molar-refractivity contribution is 7.14. The van der Waals surface area contributed by atoms with E-state index in [1.165, 1.54) is 24.3 Å². The fourth-order valence-electron chi connectivity index (χ4n) is 2.79. The number of thiazole rings is 1. The summed E-state index contributed by atoms with van der Waals surface area (Å²) < 4.78 is 10.3. The molecule has 4 rings (SSSR count). The summed E-state index contributed by atoms with van der Waals surface area (Å²) in [6, 6.07) is 11.7. The molecule has 10 nitrogen and oxygen atoms in total. The minimum atomic E-state index is -0.638. The van der Waals surface area contributed by atoms with Gasteiger partial charge in [-0.25, -0.2) is 14.6 Å². The van der Waals surface area contributed by atoms with Gasteiger partial charge in [-0.05, 0) is 36.4 Å². The van der Waals surface area contributed by atoms with E-state index in [-0.39, 0.29) is 27.7 Å². The Morgan fingerprint density at radius 1 is 1.16 bits per heavy atom. The van der Waals surface area contributed by atoms with E-state index in [9.17, 15) is 19.7 Å². The highest BCUT2D eigenvalue weighted by atomic mass is 32.1. The van der Waals surface area contributed by atoms with Gasteiger partial charge in [0.2, 0.25) is 0 Å². The van der Waals surface area contributed by atoms with Gasteiger partial charge < -0.3 is 14.5 Å². The fourth-order valence-corrected chi connectivity index (χ4v) is 3.50. The molecule has 2 heterocycles. The first kappa shape index (κ1) is 20.0. The lowest BCUT2D eigenvalue weighted by Gasteiger charge is -2.06. The molecule has 31 heavy (non-hydrogen) atoms. The zero-order valence-corrected chi connectivity index (χ0v) is 16.8. The predicted molar refractivity (Wildman–Crippen MR) is 116 cm³/mol. The van der Waals surface area contributed by atoms with Crippen molar-refractivity contribution < 1.29 is 18.9 Å². The fraction of sp³-hybridized carbons (Fsp3) is 0.0500. The van der Waals surface area contributed by atoms with Crippen LogP contribution in [-0.4, -0.2) is 23.0 Å². The van der Waals surface area contributed by atoms with E-state index in [1.54, 1.807) is 36.8 Å². The second-order valence-electron chi connectivity index (χ2n) is 6.27. The third kappa shape index (κ3) is 4.36. The molecule has 0 aliphatic heterocycles. The Morgan fingerprint density at radius 2 is 1.94 bits per heavy atom. The van der Waals surface area contributed by atoms with Gasteiger partial charge in [-0.15, -0.1) is 11.3 Å². The van der Waals surface area contributed by atoms with Crippen molar-refractivity contribution in [3.8, 4) is 17.0 Å². The van der Waals surface area contributed by atoms with E-state index < -0.39 is 16.6 Å². The van der Waals surface area contributed by atoms with Gasteiger partial charge in [0, 0.05) is 28.6 Å². The van der Waals surface area contributed by atoms with Crippen LogP contribution in [0.25, 0.3) is 22.2 Å². The summed E-state index contributed by atoms with van der Waals surface area (Å²) >= 11 is 1.12. The molecule has 0 fully saturated rings. The van der Waals surface area contributed by atoms with Crippen molar-refractivity contribution in [3.63, 3.8) is 0 Å². The highest BCUT2D eigenvalue weighted by Gasteiger charge is 2.15. The number of amides is 2. The van der Waals surface area contributed by atoms with Crippen LogP contribution in [0.4, 0.5) is 21.3 Å². The number of nitrogens with one attached hydrogen (secondary N) is 2. The van der Waals surface area contributed by atoms with Crippen molar-refractivity contribution in [2.75, 3.05) is 17.7 Å². The molecule has 0 aliphatic carbocycles. The normalized spacial score (nSPS) is 10.6. The Balaban J connectivity index is 1.54. The zero-order chi connectivity index (χ0) is 22.0. The lowest BCUT2D eigenvalue weighted by atomic mass is 10.1. The van der Waals surface area contributed by atoms with Crippen LogP contribution in [0, 0.1) is 10.1 Å². The molecule has 0 saturated carbocycles. The van der Waals surface area contributed by atoms with Gasteiger partial charge in [-0.1, -0.05) is 0 Å². The summed E-state index contributed by atoms with van der Waals surface area (Å²) in [6.07, 6.45) is 0. The Hall–Kier alpha value is -4.25. The van der Waals surface area contributed by atoms with Crippen LogP contribution in [-0.2, 0) is 0 Å². The first-order valence-electron chi connectivity index (χ1n) is 8.83. The maximum atomic E-state index is 12.3. The molecule has 4 aromatic rings. The van der Waals surface area contributed by atoms with Crippen LogP contribution in [0.15, 0.2) is 63.1 Å². The number of anilines is 2. The Labute approximate surface area is 178 Å². The molecule has 2 aromatic heterocycles. The Bertz CT molecular complexity index is 1350. The smallest absolute Gasteiger partial charge is 0.345 e. The van der Waals surface area contributed by atoms with Crippen LogP contribution in [0.5, 0.6) is 5.75 Å². The first-order chi connectivity index (χ1) is 14.9. The number of hydrogen-bond acceptors (Lipinski definition) is 8. The molecule has 2 aromatic carbocycles. The SMILES string of the molecule is COc1ccc(NC(=O)Nc2nc(-c3cc4cc([N+](=O)[O-])ccc4oc3=O)cs2)cc1. The average molecular weight is 438 g/mol. The van der Waals surface area contributed by atoms with Crippen LogP contribution in [0.1, 0.15) is 0 Å². The number of nitrogens with zero attached hydrogens (tertiary/aromatic N) is 2. The molecule has 0 atom stereocenters. The number of non-ortho nitro benzene ring substituents is 1. The van der Waals surface area contributed by atoms with E-state index in [4.69, 9.17) is 9.15 Å². The number of nitro benzene ring substituents is 1. The number of hydrogen-bond donors (Lipinski definition) is 2. The van der Waals surface area contributed by atoms with Gasteiger partial charge >= 0.3 is 11.7 Å². The van der Waals surface area contributed by atoms with Gasteiger partial charge in [0.1, 0.15) is 11.3 Å². The number of methoxy groups -OCH3 is 1. The lowest BCUT2D eigenvalue weighted by Crippen LogP contribution is -2.19. The first-order valence-corrected chi connectivity index (χ1v) is 9.71. The van der Waals surface area contributed by atoms with E-state index >= 15 is 0 Å². The maximum Gasteiger partial charge on any atom is 0.345 e. The lowest BCUT2D eigenvalue weighted by molar-refractivity contribution is -0.384. The van der Waals surface area contributed by atoms with Crippen molar-refractivity contribution in [2.45, 2.75) is 0 Å². The van der Waals surface area contributed by atoms with E-state index in [0.717, 1.165) is 11.3 Å². The second kappa shape index (κ2) is 8.24. The number of fused-ring (bicyclic) bond motifs is 1.